The van der Waals surface area contributed by atoms with Crippen molar-refractivity contribution in [1.29, 1.82) is 0 Å². The first-order valence-electron chi connectivity index (χ1n) is 10.4. The molecule has 1 aromatic heterocycles. The highest BCUT2D eigenvalue weighted by molar-refractivity contribution is 9.10. The van der Waals surface area contributed by atoms with Crippen LogP contribution >= 0.6 is 15.9 Å². The number of ketones is 1. The van der Waals surface area contributed by atoms with Gasteiger partial charge in [0, 0.05) is 39.8 Å². The molecule has 1 aliphatic rings. The maximum absolute atomic E-state index is 12.7. The molecule has 0 atom stereocenters. The summed E-state index contributed by atoms with van der Waals surface area (Å²) in [6, 6.07) is 17.0. The van der Waals surface area contributed by atoms with E-state index < -0.39 is 6.09 Å². The molecule has 0 aliphatic carbocycles. The Morgan fingerprint density at radius 1 is 1.10 bits per heavy atom. The lowest BCUT2D eigenvalue weighted by atomic mass is 9.89. The van der Waals surface area contributed by atoms with Crippen molar-refractivity contribution < 1.29 is 14.3 Å². The standard InChI is InChI=1S/C24H24BrN3O3/c25-20-6-3-18(4-7-20)23(29)19-9-12-28(13-10-19)14-15-31-24(30)27-21-8-5-17-2-1-11-26-22(17)16-21/h1-8,11,16,19H,9-10,12-15H2,(H,27,30). The van der Waals surface area contributed by atoms with E-state index in [0.29, 0.717) is 18.8 Å². The van der Waals surface area contributed by atoms with Crippen molar-refractivity contribution >= 4 is 44.4 Å². The molecule has 0 unspecified atom stereocenters. The average Bonchev–Trinajstić information content (AvgIpc) is 2.79. The van der Waals surface area contributed by atoms with Crippen LogP contribution in [0.4, 0.5) is 10.5 Å². The molecule has 31 heavy (non-hydrogen) atoms. The summed E-state index contributed by atoms with van der Waals surface area (Å²) in [5, 5.41) is 3.77. The number of carbonyl (C=O) groups is 2. The molecule has 1 saturated heterocycles. The molecule has 0 radical (unpaired) electrons. The van der Waals surface area contributed by atoms with E-state index in [9.17, 15) is 9.59 Å². The number of fused-ring (bicyclic) bond motifs is 1. The minimum atomic E-state index is -0.476. The number of anilines is 1. The number of likely N-dealkylation sites (tertiary alicyclic amines) is 1. The van der Waals surface area contributed by atoms with Crippen LogP contribution in [0.5, 0.6) is 0 Å². The molecular formula is C24H24BrN3O3. The fraction of sp³-hybridized carbons (Fsp3) is 0.292. The predicted molar refractivity (Wildman–Crippen MR) is 124 cm³/mol. The van der Waals surface area contributed by atoms with E-state index in [1.807, 2.05) is 54.6 Å². The third-order valence-corrected chi connectivity index (χ3v) is 6.11. The van der Waals surface area contributed by atoms with Crippen molar-refractivity contribution in [2.45, 2.75) is 12.8 Å². The Morgan fingerprint density at radius 2 is 1.87 bits per heavy atom. The second-order valence-electron chi connectivity index (χ2n) is 7.66. The van der Waals surface area contributed by atoms with Gasteiger partial charge in [0.05, 0.1) is 5.52 Å². The number of pyridine rings is 1. The first kappa shape index (κ1) is 21.5. The summed E-state index contributed by atoms with van der Waals surface area (Å²) < 4.78 is 6.30. The summed E-state index contributed by atoms with van der Waals surface area (Å²) >= 11 is 3.40. The summed E-state index contributed by atoms with van der Waals surface area (Å²) in [6.07, 6.45) is 2.90. The summed E-state index contributed by atoms with van der Waals surface area (Å²) in [5.41, 5.74) is 2.25. The zero-order chi connectivity index (χ0) is 21.6. The third kappa shape index (κ3) is 5.68. The summed E-state index contributed by atoms with van der Waals surface area (Å²) in [7, 11) is 0. The van der Waals surface area contributed by atoms with Gasteiger partial charge in [0.15, 0.2) is 5.78 Å². The van der Waals surface area contributed by atoms with Gasteiger partial charge in [0.25, 0.3) is 0 Å². The SMILES string of the molecule is O=C(Nc1ccc2cccnc2c1)OCCN1CCC(C(=O)c2ccc(Br)cc2)CC1. The number of halogens is 1. The number of benzene rings is 2. The van der Waals surface area contributed by atoms with Gasteiger partial charge in [-0.2, -0.15) is 0 Å². The molecule has 160 valence electrons. The molecule has 3 aromatic rings. The van der Waals surface area contributed by atoms with Crippen LogP contribution in [0.25, 0.3) is 10.9 Å². The molecule has 6 nitrogen and oxygen atoms in total. The van der Waals surface area contributed by atoms with Gasteiger partial charge in [-0.3, -0.25) is 20.0 Å². The lowest BCUT2D eigenvalue weighted by molar-refractivity contribution is 0.0813. The molecule has 0 saturated carbocycles. The Hall–Kier alpha value is -2.77. The molecule has 1 amide bonds. The maximum atomic E-state index is 12.7. The molecular weight excluding hydrogens is 458 g/mol. The van der Waals surface area contributed by atoms with Crippen LogP contribution < -0.4 is 5.32 Å². The number of Topliss-reactive ketones (excluding diaryl/α,β-unsaturated/α-hetero) is 1. The van der Waals surface area contributed by atoms with E-state index in [2.05, 4.69) is 31.1 Å². The van der Waals surface area contributed by atoms with E-state index in [4.69, 9.17) is 4.74 Å². The zero-order valence-corrected chi connectivity index (χ0v) is 18.7. The van der Waals surface area contributed by atoms with Crippen LogP contribution in [-0.4, -0.2) is 48.0 Å². The largest absolute Gasteiger partial charge is 0.448 e. The van der Waals surface area contributed by atoms with E-state index in [-0.39, 0.29) is 11.7 Å². The topological polar surface area (TPSA) is 71.5 Å². The van der Waals surface area contributed by atoms with Crippen molar-refractivity contribution in [3.63, 3.8) is 0 Å². The average molecular weight is 482 g/mol. The Labute approximate surface area is 189 Å². The molecule has 2 heterocycles. The number of rotatable bonds is 6. The monoisotopic (exact) mass is 481 g/mol. The van der Waals surface area contributed by atoms with Crippen molar-refractivity contribution in [2.24, 2.45) is 5.92 Å². The number of ether oxygens (including phenoxy) is 1. The third-order valence-electron chi connectivity index (χ3n) is 5.58. The lowest BCUT2D eigenvalue weighted by Crippen LogP contribution is -2.38. The van der Waals surface area contributed by atoms with Crippen LogP contribution in [0, 0.1) is 5.92 Å². The van der Waals surface area contributed by atoms with E-state index in [0.717, 1.165) is 46.9 Å². The highest BCUT2D eigenvalue weighted by Gasteiger charge is 2.25. The maximum Gasteiger partial charge on any atom is 0.411 e. The van der Waals surface area contributed by atoms with Crippen LogP contribution in [0.3, 0.4) is 0 Å². The number of hydrogen-bond acceptors (Lipinski definition) is 5. The summed E-state index contributed by atoms with van der Waals surface area (Å²) in [6.45, 7) is 2.62. The van der Waals surface area contributed by atoms with Crippen LogP contribution in [0.1, 0.15) is 23.2 Å². The quantitative estimate of drug-likeness (QED) is 0.493. The van der Waals surface area contributed by atoms with E-state index >= 15 is 0 Å². The van der Waals surface area contributed by atoms with E-state index in [1.165, 1.54) is 0 Å². The normalized spacial score (nSPS) is 15.0. The van der Waals surface area contributed by atoms with Crippen molar-refractivity contribution in [3.05, 3.63) is 70.8 Å². The van der Waals surface area contributed by atoms with Crippen LogP contribution in [0.15, 0.2) is 65.3 Å². The lowest BCUT2D eigenvalue weighted by Gasteiger charge is -2.31. The number of amides is 1. The summed E-state index contributed by atoms with van der Waals surface area (Å²) in [4.78, 5) is 31.3. The van der Waals surface area contributed by atoms with Crippen molar-refractivity contribution in [2.75, 3.05) is 31.6 Å². The van der Waals surface area contributed by atoms with Crippen molar-refractivity contribution in [1.82, 2.24) is 9.88 Å². The highest BCUT2D eigenvalue weighted by atomic mass is 79.9. The molecule has 2 aromatic carbocycles. The van der Waals surface area contributed by atoms with Gasteiger partial charge < -0.3 is 4.74 Å². The minimum absolute atomic E-state index is 0.0585. The van der Waals surface area contributed by atoms with Crippen LogP contribution in [0.2, 0.25) is 0 Å². The Morgan fingerprint density at radius 3 is 2.65 bits per heavy atom. The highest BCUT2D eigenvalue weighted by Crippen LogP contribution is 2.23. The number of carbonyl (C=O) groups excluding carboxylic acids is 2. The number of piperidine rings is 1. The van der Waals surface area contributed by atoms with Gasteiger partial charge in [-0.25, -0.2) is 4.79 Å². The van der Waals surface area contributed by atoms with Crippen LogP contribution in [-0.2, 0) is 4.74 Å². The molecule has 1 N–H and O–H groups in total. The smallest absolute Gasteiger partial charge is 0.411 e. The van der Waals surface area contributed by atoms with Gasteiger partial charge in [0.2, 0.25) is 0 Å². The fourth-order valence-corrected chi connectivity index (χ4v) is 4.10. The number of aromatic nitrogens is 1. The first-order chi connectivity index (χ1) is 15.1. The Balaban J connectivity index is 1.18. The van der Waals surface area contributed by atoms with Crippen molar-refractivity contribution in [3.8, 4) is 0 Å². The minimum Gasteiger partial charge on any atom is -0.448 e. The number of nitrogens with one attached hydrogen (secondary N) is 1. The predicted octanol–water partition coefficient (Wildman–Crippen LogP) is 5.14. The fourth-order valence-electron chi connectivity index (χ4n) is 3.83. The Bertz CT molecular complexity index is 1060. The Kier molecular flexibility index (Phi) is 6.94. The molecule has 7 heteroatoms. The van der Waals surface area contributed by atoms with Gasteiger partial charge >= 0.3 is 6.09 Å². The molecule has 1 aliphatic heterocycles. The molecule has 4 rings (SSSR count). The van der Waals surface area contributed by atoms with Gasteiger partial charge in [0.1, 0.15) is 6.61 Å². The molecule has 1 fully saturated rings. The zero-order valence-electron chi connectivity index (χ0n) is 17.1. The van der Waals surface area contributed by atoms with Gasteiger partial charge in [-0.15, -0.1) is 0 Å². The first-order valence-corrected chi connectivity index (χ1v) is 11.2. The second-order valence-corrected chi connectivity index (χ2v) is 8.57. The van der Waals surface area contributed by atoms with Gasteiger partial charge in [-0.05, 0) is 56.3 Å². The number of hydrogen-bond donors (Lipinski definition) is 1. The number of nitrogens with zero attached hydrogens (tertiary/aromatic N) is 2. The van der Waals surface area contributed by atoms with E-state index in [1.54, 1.807) is 6.20 Å². The second kappa shape index (κ2) is 10.0. The molecule has 0 spiro atoms. The van der Waals surface area contributed by atoms with Gasteiger partial charge in [-0.1, -0.05) is 40.2 Å². The summed E-state index contributed by atoms with van der Waals surface area (Å²) in [5.74, 6) is 0.274. The molecule has 0 bridgehead atoms.